The number of methoxy groups -OCH3 is 1. The highest BCUT2D eigenvalue weighted by Crippen LogP contribution is 2.24. The smallest absolute Gasteiger partial charge is 0.337 e. The molecule has 9 heteroatoms. The molecule has 0 atom stereocenters. The number of rotatable bonds is 5. The molecule has 0 aliphatic carbocycles. The Morgan fingerprint density at radius 2 is 1.93 bits per heavy atom. The van der Waals surface area contributed by atoms with Gasteiger partial charge < -0.3 is 9.15 Å². The summed E-state index contributed by atoms with van der Waals surface area (Å²) in [6, 6.07) is 11.9. The summed E-state index contributed by atoms with van der Waals surface area (Å²) in [4.78, 5) is 33.7. The zero-order valence-electron chi connectivity index (χ0n) is 14.0. The van der Waals surface area contributed by atoms with Crippen molar-refractivity contribution >= 4 is 34.7 Å². The first kappa shape index (κ1) is 17.8. The van der Waals surface area contributed by atoms with Crippen molar-refractivity contribution in [2.75, 3.05) is 7.11 Å². The van der Waals surface area contributed by atoms with Crippen LogP contribution in [0.5, 0.6) is 0 Å². The van der Waals surface area contributed by atoms with Crippen LogP contribution in [-0.4, -0.2) is 30.1 Å². The molecule has 136 valence electrons. The van der Waals surface area contributed by atoms with E-state index in [1.54, 1.807) is 24.3 Å². The number of nitro groups is 1. The molecule has 0 saturated heterocycles. The number of amides is 1. The van der Waals surface area contributed by atoms with Crippen molar-refractivity contribution < 1.29 is 23.7 Å². The second-order valence-corrected chi connectivity index (χ2v) is 5.40. The Morgan fingerprint density at radius 3 is 2.59 bits per heavy atom. The fourth-order valence-corrected chi connectivity index (χ4v) is 2.30. The van der Waals surface area contributed by atoms with Gasteiger partial charge in [0.15, 0.2) is 5.76 Å². The van der Waals surface area contributed by atoms with Gasteiger partial charge in [-0.2, -0.15) is 5.10 Å². The van der Waals surface area contributed by atoms with Gasteiger partial charge in [0.25, 0.3) is 5.69 Å². The number of nitro benzene ring substituents is 1. The molecule has 1 N–H and O–H groups in total. The molecule has 0 bridgehead atoms. The minimum atomic E-state index is -0.601. The molecule has 9 nitrogen and oxygen atoms in total. The quantitative estimate of drug-likeness (QED) is 0.320. The van der Waals surface area contributed by atoms with Crippen LogP contribution < -0.4 is 5.43 Å². The number of hydrazone groups is 1. The number of carbonyl (C=O) groups is 2. The molecule has 1 amide bonds. The van der Waals surface area contributed by atoms with Gasteiger partial charge in [0.2, 0.25) is 0 Å². The minimum absolute atomic E-state index is 0.0244. The van der Waals surface area contributed by atoms with Gasteiger partial charge >= 0.3 is 11.9 Å². The first-order valence-electron chi connectivity index (χ1n) is 7.67. The number of furan rings is 1. The molecule has 0 spiro atoms. The van der Waals surface area contributed by atoms with Crippen molar-refractivity contribution in [2.24, 2.45) is 5.10 Å². The average molecular weight is 367 g/mol. The molecule has 27 heavy (non-hydrogen) atoms. The molecule has 2 aromatic carbocycles. The van der Waals surface area contributed by atoms with Crippen molar-refractivity contribution in [1.29, 1.82) is 0 Å². The maximum Gasteiger partial charge on any atom is 0.337 e. The molecule has 3 rings (SSSR count). The summed E-state index contributed by atoms with van der Waals surface area (Å²) in [6.07, 6.45) is 1.40. The van der Waals surface area contributed by atoms with Crippen LogP contribution in [0.2, 0.25) is 0 Å². The summed E-state index contributed by atoms with van der Waals surface area (Å²) in [6.45, 7) is 0. The zero-order chi connectivity index (χ0) is 19.4. The SMILES string of the molecule is COC(=O)c1ccc(/C=N\NC(=O)c2cc3cc([N+](=O)[O-])ccc3o2)cc1. The Bertz CT molecular complexity index is 1050. The van der Waals surface area contributed by atoms with Crippen LogP contribution in [-0.2, 0) is 4.74 Å². The monoisotopic (exact) mass is 367 g/mol. The first-order valence-corrected chi connectivity index (χ1v) is 7.67. The summed E-state index contributed by atoms with van der Waals surface area (Å²) >= 11 is 0. The van der Waals surface area contributed by atoms with Gasteiger partial charge in [-0.05, 0) is 29.8 Å². The number of esters is 1. The Kier molecular flexibility index (Phi) is 4.93. The Hall–Kier alpha value is -4.01. The van der Waals surface area contributed by atoms with E-state index in [1.807, 2.05) is 0 Å². The molecule has 0 saturated carbocycles. The minimum Gasteiger partial charge on any atom is -0.465 e. The average Bonchev–Trinajstić information content (AvgIpc) is 3.11. The van der Waals surface area contributed by atoms with Crippen LogP contribution in [0.15, 0.2) is 58.0 Å². The summed E-state index contributed by atoms with van der Waals surface area (Å²) in [5, 5.41) is 15.0. The van der Waals surface area contributed by atoms with E-state index in [2.05, 4.69) is 15.3 Å². The number of hydrogen-bond acceptors (Lipinski definition) is 7. The van der Waals surface area contributed by atoms with Crippen LogP contribution in [0.25, 0.3) is 11.0 Å². The van der Waals surface area contributed by atoms with E-state index >= 15 is 0 Å². The van der Waals surface area contributed by atoms with E-state index in [0.717, 1.165) is 0 Å². The molecular formula is C18H13N3O6. The number of benzene rings is 2. The highest BCUT2D eigenvalue weighted by atomic mass is 16.6. The second kappa shape index (κ2) is 7.48. The Balaban J connectivity index is 1.68. The lowest BCUT2D eigenvalue weighted by atomic mass is 10.1. The largest absolute Gasteiger partial charge is 0.465 e. The van der Waals surface area contributed by atoms with Gasteiger partial charge in [0, 0.05) is 17.5 Å². The summed E-state index contributed by atoms with van der Waals surface area (Å²) in [7, 11) is 1.30. The number of carbonyl (C=O) groups excluding carboxylic acids is 2. The van der Waals surface area contributed by atoms with E-state index in [1.165, 1.54) is 37.6 Å². The molecule has 0 aliphatic heterocycles. The van der Waals surface area contributed by atoms with Crippen LogP contribution in [0.1, 0.15) is 26.5 Å². The molecule has 0 unspecified atom stereocenters. The molecule has 0 fully saturated rings. The number of ether oxygens (including phenoxy) is 1. The van der Waals surface area contributed by atoms with Crippen LogP contribution in [0, 0.1) is 10.1 Å². The lowest BCUT2D eigenvalue weighted by Gasteiger charge is -1.99. The van der Waals surface area contributed by atoms with Gasteiger partial charge in [0.1, 0.15) is 5.58 Å². The highest BCUT2D eigenvalue weighted by molar-refractivity contribution is 5.97. The van der Waals surface area contributed by atoms with Gasteiger partial charge in [-0.1, -0.05) is 12.1 Å². The molecule has 3 aromatic rings. The van der Waals surface area contributed by atoms with Gasteiger partial charge in [0.05, 0.1) is 23.8 Å². The van der Waals surface area contributed by atoms with E-state index in [-0.39, 0.29) is 11.4 Å². The predicted octanol–water partition coefficient (Wildman–Crippen LogP) is 2.89. The summed E-state index contributed by atoms with van der Waals surface area (Å²) in [5.41, 5.74) is 3.62. The molecule has 1 aromatic heterocycles. The maximum absolute atomic E-state index is 12.1. The second-order valence-electron chi connectivity index (χ2n) is 5.40. The summed E-state index contributed by atoms with van der Waals surface area (Å²) < 4.78 is 9.97. The number of hydrogen-bond donors (Lipinski definition) is 1. The van der Waals surface area contributed by atoms with Crippen LogP contribution >= 0.6 is 0 Å². The molecule has 0 aliphatic rings. The summed E-state index contributed by atoms with van der Waals surface area (Å²) in [5.74, 6) is -1.07. The Morgan fingerprint density at radius 1 is 1.19 bits per heavy atom. The molecule has 1 heterocycles. The molecular weight excluding hydrogens is 354 g/mol. The predicted molar refractivity (Wildman–Crippen MR) is 95.7 cm³/mol. The fraction of sp³-hybridized carbons (Fsp3) is 0.0556. The van der Waals surface area contributed by atoms with E-state index in [0.29, 0.717) is 22.1 Å². The third-order valence-corrected chi connectivity index (χ3v) is 3.65. The van der Waals surface area contributed by atoms with Crippen LogP contribution in [0.4, 0.5) is 5.69 Å². The normalized spacial score (nSPS) is 10.9. The van der Waals surface area contributed by atoms with Gasteiger partial charge in [-0.3, -0.25) is 14.9 Å². The van der Waals surface area contributed by atoms with Crippen molar-refractivity contribution in [3.8, 4) is 0 Å². The van der Waals surface area contributed by atoms with Crippen LogP contribution in [0.3, 0.4) is 0 Å². The highest BCUT2D eigenvalue weighted by Gasteiger charge is 2.14. The van der Waals surface area contributed by atoms with Crippen molar-refractivity contribution in [3.05, 3.63) is 75.5 Å². The third-order valence-electron chi connectivity index (χ3n) is 3.65. The van der Waals surface area contributed by atoms with E-state index in [9.17, 15) is 19.7 Å². The molecule has 0 radical (unpaired) electrons. The standard InChI is InChI=1S/C18H13N3O6/c1-26-18(23)12-4-2-11(3-5-12)10-19-20-17(22)16-9-13-8-14(21(24)25)6-7-15(13)27-16/h2-10H,1H3,(H,20,22)/b19-10-. The van der Waals surface area contributed by atoms with Crippen molar-refractivity contribution in [1.82, 2.24) is 5.43 Å². The lowest BCUT2D eigenvalue weighted by Crippen LogP contribution is -2.16. The topological polar surface area (TPSA) is 124 Å². The third kappa shape index (κ3) is 3.98. The van der Waals surface area contributed by atoms with Crippen molar-refractivity contribution in [3.63, 3.8) is 0 Å². The van der Waals surface area contributed by atoms with Gasteiger partial charge in [-0.25, -0.2) is 10.2 Å². The number of nitrogens with zero attached hydrogens (tertiary/aromatic N) is 2. The number of fused-ring (bicyclic) bond motifs is 1. The maximum atomic E-state index is 12.1. The van der Waals surface area contributed by atoms with Crippen molar-refractivity contribution in [2.45, 2.75) is 0 Å². The van der Waals surface area contributed by atoms with E-state index < -0.39 is 16.8 Å². The Labute approximate surface area is 152 Å². The number of nitrogens with one attached hydrogen (secondary N) is 1. The first-order chi connectivity index (χ1) is 13.0. The fourth-order valence-electron chi connectivity index (χ4n) is 2.30. The lowest BCUT2D eigenvalue weighted by molar-refractivity contribution is -0.384. The number of non-ortho nitro benzene ring substituents is 1. The van der Waals surface area contributed by atoms with E-state index in [4.69, 9.17) is 4.42 Å². The van der Waals surface area contributed by atoms with Gasteiger partial charge in [-0.15, -0.1) is 0 Å². The zero-order valence-corrected chi connectivity index (χ0v) is 14.0.